The molecule has 0 aliphatic rings. The van der Waals surface area contributed by atoms with Crippen molar-refractivity contribution in [3.05, 3.63) is 59.4 Å². The maximum atomic E-state index is 9.59. The van der Waals surface area contributed by atoms with Gasteiger partial charge in [0.15, 0.2) is 11.5 Å². The number of anilines is 2. The molecule has 0 saturated heterocycles. The Labute approximate surface area is 168 Å². The van der Waals surface area contributed by atoms with Crippen LogP contribution >= 0.6 is 11.6 Å². The van der Waals surface area contributed by atoms with Gasteiger partial charge in [0.1, 0.15) is 11.8 Å². The first kappa shape index (κ1) is 19.3. The summed E-state index contributed by atoms with van der Waals surface area (Å²) in [4.78, 5) is 4.20. The average Bonchev–Trinajstić information content (AvgIpc) is 2.74. The van der Waals surface area contributed by atoms with Crippen molar-refractivity contribution in [2.75, 3.05) is 26.6 Å². The lowest BCUT2D eigenvalue weighted by Gasteiger charge is -2.16. The number of aromatic nitrogens is 1. The van der Waals surface area contributed by atoms with Crippen LogP contribution in [0.3, 0.4) is 0 Å². The van der Waals surface area contributed by atoms with Gasteiger partial charge in [-0.25, -0.2) is 0 Å². The normalized spacial score (nSPS) is 10.1. The van der Waals surface area contributed by atoms with Crippen LogP contribution in [-0.2, 0) is 0 Å². The van der Waals surface area contributed by atoms with E-state index >= 15 is 0 Å². The molecule has 28 heavy (non-hydrogen) atoms. The number of hydrogen-bond donors (Lipinski definition) is 1. The van der Waals surface area contributed by atoms with Gasteiger partial charge in [-0.05, 0) is 29.8 Å². The van der Waals surface area contributed by atoms with Crippen LogP contribution in [-0.4, -0.2) is 26.3 Å². The fourth-order valence-electron chi connectivity index (χ4n) is 2.76. The Morgan fingerprint density at radius 2 is 1.75 bits per heavy atom. The van der Waals surface area contributed by atoms with Crippen LogP contribution in [0.5, 0.6) is 17.2 Å². The van der Waals surface area contributed by atoms with E-state index in [9.17, 15) is 5.26 Å². The second-order valence-electron chi connectivity index (χ2n) is 5.76. The Kier molecular flexibility index (Phi) is 5.87. The summed E-state index contributed by atoms with van der Waals surface area (Å²) in [6.45, 7) is 0. The van der Waals surface area contributed by atoms with Crippen LogP contribution in [0, 0.1) is 11.3 Å². The van der Waals surface area contributed by atoms with Gasteiger partial charge in [-0.15, -0.1) is 0 Å². The van der Waals surface area contributed by atoms with Gasteiger partial charge in [0, 0.05) is 24.0 Å². The minimum atomic E-state index is 0.381. The molecule has 0 bridgehead atoms. The minimum absolute atomic E-state index is 0.381. The van der Waals surface area contributed by atoms with E-state index in [0.717, 1.165) is 11.1 Å². The number of ether oxygens (including phenoxy) is 3. The Hall–Kier alpha value is -3.43. The van der Waals surface area contributed by atoms with Crippen LogP contribution in [0.25, 0.3) is 11.1 Å². The number of benzene rings is 2. The average molecular weight is 396 g/mol. The van der Waals surface area contributed by atoms with Gasteiger partial charge in [0.2, 0.25) is 0 Å². The molecule has 0 aliphatic heterocycles. The Morgan fingerprint density at radius 3 is 2.43 bits per heavy atom. The number of methoxy groups -OCH3 is 3. The number of pyridine rings is 1. The van der Waals surface area contributed by atoms with Gasteiger partial charge < -0.3 is 19.5 Å². The monoisotopic (exact) mass is 395 g/mol. The van der Waals surface area contributed by atoms with E-state index in [0.29, 0.717) is 39.2 Å². The molecule has 1 N–H and O–H groups in total. The molecule has 0 radical (unpaired) electrons. The molecule has 142 valence electrons. The Morgan fingerprint density at radius 1 is 0.964 bits per heavy atom. The molecule has 0 atom stereocenters. The summed E-state index contributed by atoms with van der Waals surface area (Å²) in [5.74, 6) is 1.83. The third kappa shape index (κ3) is 3.80. The minimum Gasteiger partial charge on any atom is -0.497 e. The summed E-state index contributed by atoms with van der Waals surface area (Å²) in [6.07, 6.45) is 3.18. The number of nitrogens with one attached hydrogen (secondary N) is 1. The standard InChI is InChI=1S/C21H18ClN3O3/c1-26-15-5-6-17(22)18(9-15)25-21-14(10-23)11-24-12-16(21)13-4-7-19(27-2)20(8-13)28-3/h4-9,11-12H,1-3H3,(H,24,25). The van der Waals surface area contributed by atoms with Crippen molar-refractivity contribution >= 4 is 23.0 Å². The van der Waals surface area contributed by atoms with Gasteiger partial charge in [0.05, 0.1) is 43.3 Å². The van der Waals surface area contributed by atoms with Crippen molar-refractivity contribution in [2.45, 2.75) is 0 Å². The zero-order chi connectivity index (χ0) is 20.1. The molecule has 2 aromatic carbocycles. The Bertz CT molecular complexity index is 1050. The summed E-state index contributed by atoms with van der Waals surface area (Å²) in [7, 11) is 4.73. The lowest BCUT2D eigenvalue weighted by atomic mass is 10.0. The molecule has 1 aromatic heterocycles. The van der Waals surface area contributed by atoms with E-state index in [-0.39, 0.29) is 0 Å². The summed E-state index contributed by atoms with van der Waals surface area (Å²) in [6, 6.07) is 12.9. The number of hydrogen-bond acceptors (Lipinski definition) is 6. The van der Waals surface area contributed by atoms with Crippen molar-refractivity contribution in [3.63, 3.8) is 0 Å². The largest absolute Gasteiger partial charge is 0.497 e. The zero-order valence-electron chi connectivity index (χ0n) is 15.6. The highest BCUT2D eigenvalue weighted by Gasteiger charge is 2.15. The second-order valence-corrected chi connectivity index (χ2v) is 6.17. The molecular weight excluding hydrogens is 378 g/mol. The van der Waals surface area contributed by atoms with Gasteiger partial charge >= 0.3 is 0 Å². The molecule has 7 heteroatoms. The molecule has 0 aliphatic carbocycles. The maximum absolute atomic E-state index is 9.59. The van der Waals surface area contributed by atoms with Crippen LogP contribution in [0.1, 0.15) is 5.56 Å². The fraction of sp³-hybridized carbons (Fsp3) is 0.143. The van der Waals surface area contributed by atoms with E-state index in [1.54, 1.807) is 51.8 Å². The van der Waals surface area contributed by atoms with E-state index in [1.807, 2.05) is 12.1 Å². The van der Waals surface area contributed by atoms with E-state index in [2.05, 4.69) is 16.4 Å². The lowest BCUT2D eigenvalue weighted by molar-refractivity contribution is 0.355. The zero-order valence-corrected chi connectivity index (χ0v) is 16.4. The van der Waals surface area contributed by atoms with Gasteiger partial charge in [-0.3, -0.25) is 4.98 Å². The number of halogens is 1. The molecule has 3 rings (SSSR count). The van der Waals surface area contributed by atoms with E-state index in [4.69, 9.17) is 25.8 Å². The third-order valence-corrected chi connectivity index (χ3v) is 4.52. The van der Waals surface area contributed by atoms with Crippen molar-refractivity contribution in [2.24, 2.45) is 0 Å². The van der Waals surface area contributed by atoms with E-state index in [1.165, 1.54) is 6.20 Å². The SMILES string of the molecule is COc1ccc(Cl)c(Nc2c(C#N)cncc2-c2ccc(OC)c(OC)c2)c1. The smallest absolute Gasteiger partial charge is 0.161 e. The molecular formula is C21H18ClN3O3. The molecule has 0 fully saturated rings. The highest BCUT2D eigenvalue weighted by Crippen LogP contribution is 2.39. The molecule has 3 aromatic rings. The van der Waals surface area contributed by atoms with Gasteiger partial charge in [-0.2, -0.15) is 5.26 Å². The van der Waals surface area contributed by atoms with Gasteiger partial charge in [0.25, 0.3) is 0 Å². The van der Waals surface area contributed by atoms with Crippen LogP contribution in [0.15, 0.2) is 48.8 Å². The highest BCUT2D eigenvalue weighted by molar-refractivity contribution is 6.33. The summed E-state index contributed by atoms with van der Waals surface area (Å²) in [5.41, 5.74) is 3.11. The number of nitriles is 1. The molecule has 0 spiro atoms. The van der Waals surface area contributed by atoms with Crippen LogP contribution in [0.4, 0.5) is 11.4 Å². The molecule has 6 nitrogen and oxygen atoms in total. The topological polar surface area (TPSA) is 76.4 Å². The lowest BCUT2D eigenvalue weighted by Crippen LogP contribution is -2.00. The third-order valence-electron chi connectivity index (χ3n) is 4.19. The van der Waals surface area contributed by atoms with Crippen molar-refractivity contribution < 1.29 is 14.2 Å². The van der Waals surface area contributed by atoms with Crippen molar-refractivity contribution in [1.82, 2.24) is 4.98 Å². The molecule has 0 amide bonds. The van der Waals surface area contributed by atoms with Crippen LogP contribution in [0.2, 0.25) is 5.02 Å². The first-order chi connectivity index (χ1) is 13.6. The van der Waals surface area contributed by atoms with Crippen molar-refractivity contribution in [1.29, 1.82) is 5.26 Å². The maximum Gasteiger partial charge on any atom is 0.161 e. The molecule has 1 heterocycles. The first-order valence-electron chi connectivity index (χ1n) is 8.32. The first-order valence-corrected chi connectivity index (χ1v) is 8.70. The fourth-order valence-corrected chi connectivity index (χ4v) is 2.93. The highest BCUT2D eigenvalue weighted by atomic mass is 35.5. The van der Waals surface area contributed by atoms with Crippen molar-refractivity contribution in [3.8, 4) is 34.4 Å². The summed E-state index contributed by atoms with van der Waals surface area (Å²) < 4.78 is 16.0. The summed E-state index contributed by atoms with van der Waals surface area (Å²) in [5, 5.41) is 13.3. The quantitative estimate of drug-likeness (QED) is 0.629. The van der Waals surface area contributed by atoms with Crippen LogP contribution < -0.4 is 19.5 Å². The molecule has 0 unspecified atom stereocenters. The number of nitrogens with zero attached hydrogens (tertiary/aromatic N) is 2. The molecule has 0 saturated carbocycles. The number of rotatable bonds is 6. The van der Waals surface area contributed by atoms with Gasteiger partial charge in [-0.1, -0.05) is 17.7 Å². The second kappa shape index (κ2) is 8.51. The summed E-state index contributed by atoms with van der Waals surface area (Å²) >= 11 is 6.33. The predicted molar refractivity (Wildman–Crippen MR) is 109 cm³/mol. The predicted octanol–water partition coefficient (Wildman–Crippen LogP) is 5.04. The van der Waals surface area contributed by atoms with E-state index < -0.39 is 0 Å². The Balaban J connectivity index is 2.14.